The second-order valence-corrected chi connectivity index (χ2v) is 5.83. The summed E-state index contributed by atoms with van der Waals surface area (Å²) in [5, 5.41) is 3.88. The van der Waals surface area contributed by atoms with Crippen LogP contribution in [0.5, 0.6) is 0 Å². The summed E-state index contributed by atoms with van der Waals surface area (Å²) in [7, 11) is 0. The predicted molar refractivity (Wildman–Crippen MR) is 81.6 cm³/mol. The molecule has 3 rings (SSSR count). The van der Waals surface area contributed by atoms with E-state index in [1.165, 1.54) is 12.1 Å². The Morgan fingerprint density at radius 2 is 2.09 bits per heavy atom. The maximum absolute atomic E-state index is 13.5. The van der Waals surface area contributed by atoms with Crippen LogP contribution < -0.4 is 0 Å². The van der Waals surface area contributed by atoms with Gasteiger partial charge in [0.15, 0.2) is 5.82 Å². The maximum Gasteiger partial charge on any atom is 0.254 e. The molecule has 1 aliphatic rings. The summed E-state index contributed by atoms with van der Waals surface area (Å²) in [4.78, 5) is 20.4. The minimum atomic E-state index is -0.580. The van der Waals surface area contributed by atoms with E-state index in [0.717, 1.165) is 0 Å². The number of aryl methyl sites for hydroxylation is 1. The van der Waals surface area contributed by atoms with Crippen molar-refractivity contribution in [2.24, 2.45) is 0 Å². The third kappa shape index (κ3) is 3.68. The van der Waals surface area contributed by atoms with Crippen molar-refractivity contribution in [3.05, 3.63) is 46.3 Å². The summed E-state index contributed by atoms with van der Waals surface area (Å²) in [6, 6.07) is 4.13. The van der Waals surface area contributed by atoms with Crippen LogP contribution in [0.3, 0.4) is 0 Å². The highest BCUT2D eigenvalue weighted by Gasteiger charge is 2.23. The fourth-order valence-electron chi connectivity index (χ4n) is 2.53. The molecule has 0 unspecified atom stereocenters. The Morgan fingerprint density at radius 3 is 2.70 bits per heavy atom. The van der Waals surface area contributed by atoms with Gasteiger partial charge in [-0.3, -0.25) is 9.69 Å². The second-order valence-electron chi connectivity index (χ2n) is 5.43. The molecule has 122 valence electrons. The van der Waals surface area contributed by atoms with E-state index in [0.29, 0.717) is 50.0 Å². The topological polar surface area (TPSA) is 62.5 Å². The lowest BCUT2D eigenvalue weighted by molar-refractivity contribution is 0.0624. The molecule has 1 aliphatic heterocycles. The Bertz CT molecular complexity index is 713. The summed E-state index contributed by atoms with van der Waals surface area (Å²) in [6.07, 6.45) is 0. The molecule has 0 N–H and O–H groups in total. The molecular formula is C15H16ClFN4O2. The molecule has 0 saturated carbocycles. The van der Waals surface area contributed by atoms with Crippen LogP contribution in [0.2, 0.25) is 5.02 Å². The van der Waals surface area contributed by atoms with Gasteiger partial charge in [-0.15, -0.1) is 0 Å². The first kappa shape index (κ1) is 15.9. The average molecular weight is 339 g/mol. The molecule has 1 aromatic carbocycles. The average Bonchev–Trinajstić information content (AvgIpc) is 2.95. The number of piperazine rings is 1. The molecule has 0 aliphatic carbocycles. The van der Waals surface area contributed by atoms with Gasteiger partial charge in [-0.05, 0) is 18.2 Å². The van der Waals surface area contributed by atoms with E-state index in [2.05, 4.69) is 15.0 Å². The number of amides is 1. The van der Waals surface area contributed by atoms with E-state index in [1.807, 2.05) is 0 Å². The van der Waals surface area contributed by atoms with E-state index >= 15 is 0 Å². The highest BCUT2D eigenvalue weighted by Crippen LogP contribution is 2.17. The first-order valence-electron chi connectivity index (χ1n) is 7.29. The van der Waals surface area contributed by atoms with Crippen molar-refractivity contribution in [2.45, 2.75) is 13.5 Å². The van der Waals surface area contributed by atoms with Gasteiger partial charge in [0.25, 0.3) is 5.91 Å². The van der Waals surface area contributed by atoms with E-state index in [-0.39, 0.29) is 10.9 Å². The van der Waals surface area contributed by atoms with Gasteiger partial charge in [0, 0.05) is 38.7 Å². The highest BCUT2D eigenvalue weighted by molar-refractivity contribution is 6.30. The molecule has 1 fully saturated rings. The van der Waals surface area contributed by atoms with Gasteiger partial charge in [0.05, 0.1) is 11.6 Å². The predicted octanol–water partition coefficient (Wildman–Crippen LogP) is 2.13. The fourth-order valence-corrected chi connectivity index (χ4v) is 2.64. The van der Waals surface area contributed by atoms with Crippen molar-refractivity contribution in [2.75, 3.05) is 26.2 Å². The van der Waals surface area contributed by atoms with Crippen molar-refractivity contribution in [3.63, 3.8) is 0 Å². The summed E-state index contributed by atoms with van der Waals surface area (Å²) in [5.41, 5.74) is 0.314. The number of carbonyl (C=O) groups is 1. The van der Waals surface area contributed by atoms with Crippen molar-refractivity contribution in [3.8, 4) is 0 Å². The van der Waals surface area contributed by atoms with Crippen LogP contribution in [0.25, 0.3) is 0 Å². The summed E-state index contributed by atoms with van der Waals surface area (Å²) in [6.45, 7) is 4.89. The Balaban J connectivity index is 1.57. The largest absolute Gasteiger partial charge is 0.340 e. The Labute approximate surface area is 137 Å². The van der Waals surface area contributed by atoms with Crippen LogP contribution >= 0.6 is 11.6 Å². The smallest absolute Gasteiger partial charge is 0.254 e. The summed E-state index contributed by atoms with van der Waals surface area (Å²) in [5.74, 6) is 0.417. The summed E-state index contributed by atoms with van der Waals surface area (Å²) >= 11 is 5.64. The van der Waals surface area contributed by atoms with Crippen molar-refractivity contribution in [1.82, 2.24) is 19.9 Å². The van der Waals surface area contributed by atoms with E-state index in [1.54, 1.807) is 17.9 Å². The van der Waals surface area contributed by atoms with Gasteiger partial charge in [0.2, 0.25) is 5.89 Å². The number of rotatable bonds is 3. The molecule has 1 amide bonds. The first-order valence-corrected chi connectivity index (χ1v) is 7.66. The van der Waals surface area contributed by atoms with Crippen LogP contribution in [-0.4, -0.2) is 52.0 Å². The number of nitrogens with zero attached hydrogens (tertiary/aromatic N) is 4. The van der Waals surface area contributed by atoms with Crippen LogP contribution in [-0.2, 0) is 6.54 Å². The molecule has 1 aromatic heterocycles. The molecule has 2 aromatic rings. The molecule has 0 spiro atoms. The zero-order valence-electron chi connectivity index (χ0n) is 12.6. The minimum absolute atomic E-state index is 0.0155. The molecule has 0 bridgehead atoms. The quantitative estimate of drug-likeness (QED) is 0.858. The standard InChI is InChI=1S/C15H16ClFN4O2/c1-10-18-14(19-23-10)9-20-4-6-21(7-5-20)15(22)11-2-3-12(16)13(17)8-11/h2-3,8H,4-7,9H2,1H3. The number of hydrogen-bond donors (Lipinski definition) is 0. The van der Waals surface area contributed by atoms with Crippen molar-refractivity contribution >= 4 is 17.5 Å². The number of halogens is 2. The second kappa shape index (κ2) is 6.64. The number of aromatic nitrogens is 2. The lowest BCUT2D eigenvalue weighted by Crippen LogP contribution is -2.48. The Kier molecular flexibility index (Phi) is 4.58. The maximum atomic E-state index is 13.5. The molecule has 2 heterocycles. The molecule has 0 radical (unpaired) electrons. The molecule has 0 atom stereocenters. The molecule has 8 heteroatoms. The van der Waals surface area contributed by atoms with Crippen LogP contribution in [0.4, 0.5) is 4.39 Å². The van der Waals surface area contributed by atoms with Crippen molar-refractivity contribution < 1.29 is 13.7 Å². The van der Waals surface area contributed by atoms with E-state index in [9.17, 15) is 9.18 Å². The monoisotopic (exact) mass is 338 g/mol. The lowest BCUT2D eigenvalue weighted by Gasteiger charge is -2.34. The molecule has 1 saturated heterocycles. The van der Waals surface area contributed by atoms with E-state index in [4.69, 9.17) is 16.1 Å². The van der Waals surface area contributed by atoms with Gasteiger partial charge in [0.1, 0.15) is 5.82 Å². The third-order valence-electron chi connectivity index (χ3n) is 3.76. The normalized spacial score (nSPS) is 15.9. The molecular weight excluding hydrogens is 323 g/mol. The van der Waals surface area contributed by atoms with Gasteiger partial charge >= 0.3 is 0 Å². The van der Waals surface area contributed by atoms with Gasteiger partial charge in [-0.1, -0.05) is 16.8 Å². The SMILES string of the molecule is Cc1nc(CN2CCN(C(=O)c3ccc(Cl)c(F)c3)CC2)no1. The van der Waals surface area contributed by atoms with Gasteiger partial charge in [-0.25, -0.2) is 4.39 Å². The highest BCUT2D eigenvalue weighted by atomic mass is 35.5. The first-order chi connectivity index (χ1) is 11.0. The van der Waals surface area contributed by atoms with Crippen LogP contribution in [0.1, 0.15) is 22.1 Å². The zero-order chi connectivity index (χ0) is 16.4. The van der Waals surface area contributed by atoms with Crippen molar-refractivity contribution in [1.29, 1.82) is 0 Å². The van der Waals surface area contributed by atoms with Gasteiger partial charge in [-0.2, -0.15) is 4.98 Å². The summed E-state index contributed by atoms with van der Waals surface area (Å²) < 4.78 is 18.4. The fraction of sp³-hybridized carbons (Fsp3) is 0.400. The molecule has 6 nitrogen and oxygen atoms in total. The number of hydrogen-bond acceptors (Lipinski definition) is 5. The number of carbonyl (C=O) groups excluding carboxylic acids is 1. The zero-order valence-corrected chi connectivity index (χ0v) is 13.4. The minimum Gasteiger partial charge on any atom is -0.340 e. The Morgan fingerprint density at radius 1 is 1.35 bits per heavy atom. The van der Waals surface area contributed by atoms with E-state index < -0.39 is 5.82 Å². The number of benzene rings is 1. The van der Waals surface area contributed by atoms with Crippen LogP contribution in [0, 0.1) is 12.7 Å². The third-order valence-corrected chi connectivity index (χ3v) is 4.07. The van der Waals surface area contributed by atoms with Crippen LogP contribution in [0.15, 0.2) is 22.7 Å². The Hall–Kier alpha value is -1.99. The molecule has 23 heavy (non-hydrogen) atoms. The lowest BCUT2D eigenvalue weighted by atomic mass is 10.1. The van der Waals surface area contributed by atoms with Gasteiger partial charge < -0.3 is 9.42 Å².